The molecule has 106 valence electrons. The quantitative estimate of drug-likeness (QED) is 0.787. The van der Waals surface area contributed by atoms with Gasteiger partial charge in [-0.2, -0.15) is 0 Å². The van der Waals surface area contributed by atoms with E-state index in [9.17, 15) is 14.0 Å². The highest BCUT2D eigenvalue weighted by Crippen LogP contribution is 2.37. The number of carbonyl (C=O) groups is 2. The van der Waals surface area contributed by atoms with Crippen LogP contribution in [0.3, 0.4) is 0 Å². The van der Waals surface area contributed by atoms with Crippen LogP contribution in [0, 0.1) is 5.82 Å². The van der Waals surface area contributed by atoms with Gasteiger partial charge >= 0.3 is 0 Å². The number of hydrogen-bond acceptors (Lipinski definition) is 2. The van der Waals surface area contributed by atoms with Gasteiger partial charge in [0.05, 0.1) is 22.8 Å². The van der Waals surface area contributed by atoms with Gasteiger partial charge in [-0.25, -0.2) is 4.39 Å². The van der Waals surface area contributed by atoms with E-state index in [1.54, 1.807) is 24.3 Å². The van der Waals surface area contributed by atoms with Gasteiger partial charge in [-0.1, -0.05) is 35.3 Å². The molecule has 6 heteroatoms. The first-order valence-corrected chi connectivity index (χ1v) is 6.83. The number of rotatable bonds is 2. The summed E-state index contributed by atoms with van der Waals surface area (Å²) < 4.78 is 14.0. The predicted molar refractivity (Wildman–Crippen MR) is 78.4 cm³/mol. The molecule has 0 atom stereocenters. The molecule has 2 aromatic rings. The largest absolute Gasteiger partial charge is 0.299 e. The zero-order chi connectivity index (χ0) is 15.1. The van der Waals surface area contributed by atoms with E-state index >= 15 is 0 Å². The van der Waals surface area contributed by atoms with Crippen LogP contribution >= 0.6 is 23.2 Å². The Kier molecular flexibility index (Phi) is 3.43. The molecule has 0 bridgehead atoms. The molecule has 0 radical (unpaired) electrons. The molecule has 2 aromatic carbocycles. The summed E-state index contributed by atoms with van der Waals surface area (Å²) in [4.78, 5) is 25.1. The van der Waals surface area contributed by atoms with Gasteiger partial charge in [0.1, 0.15) is 5.82 Å². The van der Waals surface area contributed by atoms with E-state index in [-0.39, 0.29) is 22.8 Å². The molecule has 0 aliphatic carbocycles. The van der Waals surface area contributed by atoms with Crippen molar-refractivity contribution in [2.45, 2.75) is 6.54 Å². The summed E-state index contributed by atoms with van der Waals surface area (Å²) in [6.45, 7) is 0.0754. The highest BCUT2D eigenvalue weighted by Gasteiger charge is 2.39. The third-order valence-electron chi connectivity index (χ3n) is 3.27. The number of carbonyl (C=O) groups excluding carboxylic acids is 2. The van der Waals surface area contributed by atoms with E-state index in [0.717, 1.165) is 16.5 Å². The fourth-order valence-corrected chi connectivity index (χ4v) is 2.64. The Morgan fingerprint density at radius 3 is 2.33 bits per heavy atom. The lowest BCUT2D eigenvalue weighted by atomic mass is 10.1. The summed E-state index contributed by atoms with van der Waals surface area (Å²) in [5.41, 5.74) is 0.593. The van der Waals surface area contributed by atoms with E-state index in [4.69, 9.17) is 23.2 Å². The Bertz CT molecular complexity index is 759. The van der Waals surface area contributed by atoms with E-state index in [2.05, 4.69) is 0 Å². The van der Waals surface area contributed by atoms with Crippen LogP contribution in [-0.4, -0.2) is 11.7 Å². The molecule has 1 amide bonds. The van der Waals surface area contributed by atoms with Crippen molar-refractivity contribution in [3.63, 3.8) is 0 Å². The van der Waals surface area contributed by atoms with E-state index < -0.39 is 17.5 Å². The molecule has 1 aliphatic rings. The zero-order valence-electron chi connectivity index (χ0n) is 10.6. The van der Waals surface area contributed by atoms with Crippen molar-refractivity contribution in [1.29, 1.82) is 0 Å². The SMILES string of the molecule is O=C1C(=O)N(Cc2ccc(Cl)cc2)c2c(F)ccc(Cl)c21. The van der Waals surface area contributed by atoms with Crippen molar-refractivity contribution in [3.8, 4) is 0 Å². The molecular weight excluding hydrogens is 316 g/mol. The molecule has 0 fully saturated rings. The second-order valence-electron chi connectivity index (χ2n) is 4.60. The first-order chi connectivity index (χ1) is 9.99. The van der Waals surface area contributed by atoms with Crippen molar-refractivity contribution in [3.05, 3.63) is 63.4 Å². The number of Topliss-reactive ketones (excluding diaryl/α,β-unsaturated/α-hetero) is 1. The highest BCUT2D eigenvalue weighted by atomic mass is 35.5. The predicted octanol–water partition coefficient (Wildman–Crippen LogP) is 3.86. The normalized spacial score (nSPS) is 13.8. The molecule has 3 nitrogen and oxygen atoms in total. The molecule has 0 N–H and O–H groups in total. The van der Waals surface area contributed by atoms with E-state index in [0.29, 0.717) is 5.02 Å². The fourth-order valence-electron chi connectivity index (χ4n) is 2.28. The van der Waals surface area contributed by atoms with Gasteiger partial charge in [-0.3, -0.25) is 14.5 Å². The van der Waals surface area contributed by atoms with Gasteiger partial charge < -0.3 is 0 Å². The summed E-state index contributed by atoms with van der Waals surface area (Å²) >= 11 is 11.7. The summed E-state index contributed by atoms with van der Waals surface area (Å²) in [5.74, 6) is -2.22. The minimum absolute atomic E-state index is 0.0625. The Morgan fingerprint density at radius 2 is 1.67 bits per heavy atom. The number of fused-ring (bicyclic) bond motifs is 1. The molecule has 0 unspecified atom stereocenters. The molecule has 3 rings (SSSR count). The summed E-state index contributed by atoms with van der Waals surface area (Å²) in [7, 11) is 0. The number of nitrogens with zero attached hydrogens (tertiary/aromatic N) is 1. The molecular formula is C15H8Cl2FNO2. The first-order valence-electron chi connectivity index (χ1n) is 6.07. The van der Waals surface area contributed by atoms with Crippen molar-refractivity contribution in [2.24, 2.45) is 0 Å². The van der Waals surface area contributed by atoms with Crippen LogP contribution < -0.4 is 4.90 Å². The lowest BCUT2D eigenvalue weighted by molar-refractivity contribution is -0.114. The molecule has 0 saturated carbocycles. The maximum absolute atomic E-state index is 14.0. The lowest BCUT2D eigenvalue weighted by Gasteiger charge is -2.17. The lowest BCUT2D eigenvalue weighted by Crippen LogP contribution is -2.29. The van der Waals surface area contributed by atoms with Gasteiger partial charge in [0.25, 0.3) is 11.7 Å². The second-order valence-corrected chi connectivity index (χ2v) is 5.44. The average Bonchev–Trinajstić information content (AvgIpc) is 2.71. The Balaban J connectivity index is 2.05. The van der Waals surface area contributed by atoms with Crippen LogP contribution in [0.25, 0.3) is 0 Å². The van der Waals surface area contributed by atoms with Crippen molar-refractivity contribution >= 4 is 40.6 Å². The number of ketones is 1. The number of halogens is 3. The van der Waals surface area contributed by atoms with E-state index in [1.807, 2.05) is 0 Å². The van der Waals surface area contributed by atoms with Crippen molar-refractivity contribution in [2.75, 3.05) is 4.90 Å². The molecule has 21 heavy (non-hydrogen) atoms. The van der Waals surface area contributed by atoms with Crippen LogP contribution in [0.5, 0.6) is 0 Å². The van der Waals surface area contributed by atoms with Crippen LogP contribution in [0.15, 0.2) is 36.4 Å². The molecule has 0 spiro atoms. The van der Waals surface area contributed by atoms with Crippen LogP contribution in [0.1, 0.15) is 15.9 Å². The van der Waals surface area contributed by atoms with Crippen LogP contribution in [0.2, 0.25) is 10.0 Å². The Labute approximate surface area is 129 Å². The van der Waals surface area contributed by atoms with E-state index in [1.165, 1.54) is 6.07 Å². The first kappa shape index (κ1) is 14.0. The summed E-state index contributed by atoms with van der Waals surface area (Å²) in [5, 5.41) is 0.626. The number of benzene rings is 2. The van der Waals surface area contributed by atoms with Crippen molar-refractivity contribution in [1.82, 2.24) is 0 Å². The minimum Gasteiger partial charge on any atom is -0.298 e. The van der Waals surface area contributed by atoms with Crippen molar-refractivity contribution < 1.29 is 14.0 Å². The maximum atomic E-state index is 14.0. The van der Waals surface area contributed by atoms with Gasteiger partial charge in [-0.15, -0.1) is 0 Å². The smallest absolute Gasteiger partial charge is 0.298 e. The molecule has 0 aromatic heterocycles. The summed E-state index contributed by atoms with van der Waals surface area (Å²) in [6, 6.07) is 9.15. The third kappa shape index (κ3) is 2.30. The number of hydrogen-bond donors (Lipinski definition) is 0. The van der Waals surface area contributed by atoms with Crippen LogP contribution in [-0.2, 0) is 11.3 Å². The Hall–Kier alpha value is -1.91. The average molecular weight is 324 g/mol. The molecule has 1 heterocycles. The van der Waals surface area contributed by atoms with Gasteiger partial charge in [0.15, 0.2) is 0 Å². The number of amides is 1. The fraction of sp³-hybridized carbons (Fsp3) is 0.0667. The second kappa shape index (κ2) is 5.13. The third-order valence-corrected chi connectivity index (χ3v) is 3.84. The highest BCUT2D eigenvalue weighted by molar-refractivity contribution is 6.55. The van der Waals surface area contributed by atoms with Gasteiger partial charge in [-0.05, 0) is 29.8 Å². The number of anilines is 1. The standard InChI is InChI=1S/C15H8Cl2FNO2/c16-9-3-1-8(2-4-9)7-19-13-11(18)6-5-10(17)12(13)14(20)15(19)21/h1-6H,7H2. The maximum Gasteiger partial charge on any atom is 0.299 e. The molecule has 1 aliphatic heterocycles. The summed E-state index contributed by atoms with van der Waals surface area (Å²) in [6.07, 6.45) is 0. The topological polar surface area (TPSA) is 37.4 Å². The Morgan fingerprint density at radius 1 is 1.00 bits per heavy atom. The van der Waals surface area contributed by atoms with Crippen LogP contribution in [0.4, 0.5) is 10.1 Å². The zero-order valence-corrected chi connectivity index (χ0v) is 12.1. The monoisotopic (exact) mass is 323 g/mol. The minimum atomic E-state index is -0.788. The van der Waals surface area contributed by atoms with Gasteiger partial charge in [0, 0.05) is 5.02 Å². The molecule has 0 saturated heterocycles. The van der Waals surface area contributed by atoms with Gasteiger partial charge in [0.2, 0.25) is 0 Å².